The predicted molar refractivity (Wildman–Crippen MR) is 120 cm³/mol. The Hall–Kier alpha value is -3.60. The third kappa shape index (κ3) is 4.84. The number of sulfone groups is 1. The van der Waals surface area contributed by atoms with E-state index in [0.717, 1.165) is 6.07 Å². The molecule has 34 heavy (non-hydrogen) atoms. The number of hydrogen-bond acceptors (Lipinski definition) is 5. The molecule has 0 radical (unpaired) electrons. The van der Waals surface area contributed by atoms with Crippen molar-refractivity contribution in [2.24, 2.45) is 0 Å². The molecule has 4 rings (SSSR count). The second-order valence-corrected chi connectivity index (χ2v) is 9.57. The van der Waals surface area contributed by atoms with Gasteiger partial charge in [-0.1, -0.05) is 18.2 Å². The van der Waals surface area contributed by atoms with Crippen LogP contribution in [0.25, 0.3) is 0 Å². The van der Waals surface area contributed by atoms with Gasteiger partial charge < -0.3 is 10.1 Å². The number of pyridine rings is 1. The van der Waals surface area contributed by atoms with E-state index in [2.05, 4.69) is 10.3 Å². The number of hydrogen-bond donors (Lipinski definition) is 1. The number of anilines is 2. The van der Waals surface area contributed by atoms with E-state index >= 15 is 0 Å². The van der Waals surface area contributed by atoms with Gasteiger partial charge in [0, 0.05) is 24.1 Å². The zero-order chi connectivity index (χ0) is 24.5. The molecule has 0 bridgehead atoms. The fourth-order valence-electron chi connectivity index (χ4n) is 3.72. The van der Waals surface area contributed by atoms with E-state index in [9.17, 15) is 26.4 Å². The summed E-state index contributed by atoms with van der Waals surface area (Å²) in [6.45, 7) is 0.214. The number of amides is 2. The number of ether oxygens (including phenoxy) is 1. The zero-order valence-electron chi connectivity index (χ0n) is 18.0. The monoisotopic (exact) mass is 491 g/mol. The third-order valence-corrected chi connectivity index (χ3v) is 6.96. The van der Waals surface area contributed by atoms with E-state index in [0.29, 0.717) is 23.2 Å². The van der Waals surface area contributed by atoms with E-state index < -0.39 is 27.6 Å². The highest BCUT2D eigenvalue weighted by Crippen LogP contribution is 2.42. The van der Waals surface area contributed by atoms with Crippen molar-refractivity contribution in [2.75, 3.05) is 23.9 Å². The molecular weight excluding hydrogens is 471 g/mol. The maximum atomic E-state index is 13.4. The van der Waals surface area contributed by atoms with Gasteiger partial charge in [0.05, 0.1) is 18.4 Å². The van der Waals surface area contributed by atoms with Crippen molar-refractivity contribution >= 4 is 27.2 Å². The minimum Gasteiger partial charge on any atom is -0.496 e. The van der Waals surface area contributed by atoms with Crippen LogP contribution in [-0.4, -0.2) is 33.1 Å². The molecule has 1 N–H and O–H groups in total. The van der Waals surface area contributed by atoms with Crippen LogP contribution in [0.1, 0.15) is 16.7 Å². The second kappa shape index (κ2) is 8.98. The lowest BCUT2D eigenvalue weighted by atomic mass is 10.1. The largest absolute Gasteiger partial charge is 0.496 e. The number of carbonyl (C=O) groups is 1. The molecule has 0 atom stereocenters. The molecule has 0 unspecified atom stereocenters. The van der Waals surface area contributed by atoms with Crippen molar-refractivity contribution < 1.29 is 31.1 Å². The number of rotatable bonds is 5. The number of aromatic nitrogens is 1. The first-order chi connectivity index (χ1) is 16.1. The van der Waals surface area contributed by atoms with E-state index in [1.807, 2.05) is 0 Å². The summed E-state index contributed by atoms with van der Waals surface area (Å²) in [6, 6.07) is 12.4. The number of nitrogens with zero attached hydrogens (tertiary/aromatic N) is 2. The maximum Gasteiger partial charge on any atom is 0.420 e. The van der Waals surface area contributed by atoms with Crippen LogP contribution in [0.15, 0.2) is 65.8 Å². The smallest absolute Gasteiger partial charge is 0.420 e. The molecule has 7 nitrogen and oxygen atoms in total. The summed E-state index contributed by atoms with van der Waals surface area (Å²) in [5.74, 6) is -0.551. The number of nitrogens with one attached hydrogen (secondary N) is 1. The summed E-state index contributed by atoms with van der Waals surface area (Å²) >= 11 is 0. The molecule has 2 amide bonds. The van der Waals surface area contributed by atoms with E-state index in [1.54, 1.807) is 24.3 Å². The van der Waals surface area contributed by atoms with Crippen molar-refractivity contribution in [3.05, 3.63) is 77.5 Å². The Morgan fingerprint density at radius 3 is 2.50 bits per heavy atom. The summed E-state index contributed by atoms with van der Waals surface area (Å²) in [5.41, 5.74) is 0.671. The number of fused-ring (bicyclic) bond motifs is 1. The summed E-state index contributed by atoms with van der Waals surface area (Å²) in [5, 5.41) is 2.61. The van der Waals surface area contributed by atoms with Crippen LogP contribution in [0.5, 0.6) is 5.75 Å². The number of methoxy groups -OCH3 is 1. The molecule has 1 aromatic heterocycles. The molecule has 2 aromatic carbocycles. The van der Waals surface area contributed by atoms with E-state index in [-0.39, 0.29) is 28.8 Å². The molecule has 3 aromatic rings. The highest BCUT2D eigenvalue weighted by atomic mass is 32.2. The van der Waals surface area contributed by atoms with Gasteiger partial charge in [0.15, 0.2) is 14.9 Å². The van der Waals surface area contributed by atoms with E-state index in [1.165, 1.54) is 42.5 Å². The minimum atomic E-state index is -4.63. The molecule has 178 valence electrons. The number of halogens is 3. The standard InChI is InChI=1S/C23H20F3N3O4S/c1-33-20-12-16-9-11-29(19(16)13-18(20)23(24,25)26)22(30)28-17-7-5-15(6-8-17)14-34(31,32)21-4-2-3-10-27-21/h2-8,10,12-13H,9,11,14H2,1H3,(H,28,30). The molecule has 0 spiro atoms. The molecule has 0 saturated carbocycles. The number of carbonyl (C=O) groups excluding carboxylic acids is 1. The first-order valence-electron chi connectivity index (χ1n) is 10.2. The topological polar surface area (TPSA) is 88.6 Å². The Labute approximate surface area is 194 Å². The Balaban J connectivity index is 1.49. The SMILES string of the molecule is COc1cc2c(cc1C(F)(F)F)N(C(=O)Nc1ccc(CS(=O)(=O)c3ccccn3)cc1)CC2. The molecule has 0 saturated heterocycles. The number of alkyl halides is 3. The first-order valence-corrected chi connectivity index (χ1v) is 11.8. The van der Waals surface area contributed by atoms with Crippen LogP contribution in [0.3, 0.4) is 0 Å². The lowest BCUT2D eigenvalue weighted by Crippen LogP contribution is -2.33. The molecule has 1 aliphatic heterocycles. The highest BCUT2D eigenvalue weighted by molar-refractivity contribution is 7.90. The van der Waals surface area contributed by atoms with Crippen molar-refractivity contribution in [3.8, 4) is 5.75 Å². The summed E-state index contributed by atoms with van der Waals surface area (Å²) in [7, 11) is -2.46. The molecule has 0 aliphatic carbocycles. The maximum absolute atomic E-state index is 13.4. The molecule has 0 fully saturated rings. The fourth-order valence-corrected chi connectivity index (χ4v) is 5.00. The van der Waals surface area contributed by atoms with Gasteiger partial charge in [-0.3, -0.25) is 4.90 Å². The van der Waals surface area contributed by atoms with Gasteiger partial charge in [-0.15, -0.1) is 0 Å². The quantitative estimate of drug-likeness (QED) is 0.560. The summed E-state index contributed by atoms with van der Waals surface area (Å²) in [4.78, 5) is 17.9. The first kappa shape index (κ1) is 23.6. The van der Waals surface area contributed by atoms with Crippen LogP contribution < -0.4 is 15.0 Å². The zero-order valence-corrected chi connectivity index (χ0v) is 18.8. The number of benzene rings is 2. The van der Waals surface area contributed by atoms with Crippen LogP contribution in [0, 0.1) is 0 Å². The Kier molecular flexibility index (Phi) is 6.22. The van der Waals surface area contributed by atoms with Gasteiger partial charge in [-0.25, -0.2) is 18.2 Å². The third-order valence-electron chi connectivity index (χ3n) is 5.37. The molecular formula is C23H20F3N3O4S. The minimum absolute atomic E-state index is 0.0325. The van der Waals surface area contributed by atoms with Gasteiger partial charge in [0.25, 0.3) is 0 Å². The normalized spacial score (nSPS) is 13.5. The molecule has 11 heteroatoms. The average Bonchev–Trinajstić information content (AvgIpc) is 3.22. The van der Waals surface area contributed by atoms with Crippen molar-refractivity contribution in [1.29, 1.82) is 0 Å². The van der Waals surface area contributed by atoms with Gasteiger partial charge >= 0.3 is 12.2 Å². The average molecular weight is 491 g/mol. The Bertz CT molecular complexity index is 1310. The van der Waals surface area contributed by atoms with E-state index in [4.69, 9.17) is 4.74 Å². The summed E-state index contributed by atoms with van der Waals surface area (Å²) < 4.78 is 70.0. The van der Waals surface area contributed by atoms with Crippen molar-refractivity contribution in [1.82, 2.24) is 4.98 Å². The van der Waals surface area contributed by atoms with Crippen LogP contribution >= 0.6 is 0 Å². The number of urea groups is 1. The van der Waals surface area contributed by atoms with Gasteiger partial charge in [0.1, 0.15) is 5.75 Å². The van der Waals surface area contributed by atoms with Gasteiger partial charge in [0.2, 0.25) is 0 Å². The Morgan fingerprint density at radius 1 is 1.15 bits per heavy atom. The highest BCUT2D eigenvalue weighted by Gasteiger charge is 2.37. The molecule has 2 heterocycles. The predicted octanol–water partition coefficient (Wildman–Crippen LogP) is 4.68. The Morgan fingerprint density at radius 2 is 1.88 bits per heavy atom. The van der Waals surface area contributed by atoms with Crippen LogP contribution in [-0.2, 0) is 28.2 Å². The lowest BCUT2D eigenvalue weighted by Gasteiger charge is -2.20. The van der Waals surface area contributed by atoms with Crippen molar-refractivity contribution in [2.45, 2.75) is 23.4 Å². The van der Waals surface area contributed by atoms with Gasteiger partial charge in [-0.05, 0) is 53.9 Å². The van der Waals surface area contributed by atoms with Crippen LogP contribution in [0.2, 0.25) is 0 Å². The van der Waals surface area contributed by atoms with Gasteiger partial charge in [-0.2, -0.15) is 13.2 Å². The second-order valence-electron chi connectivity index (χ2n) is 7.63. The summed E-state index contributed by atoms with van der Waals surface area (Å²) in [6.07, 6.45) is -2.84. The molecule has 1 aliphatic rings. The lowest BCUT2D eigenvalue weighted by molar-refractivity contribution is -0.138. The van der Waals surface area contributed by atoms with Crippen molar-refractivity contribution in [3.63, 3.8) is 0 Å². The van der Waals surface area contributed by atoms with Crippen LogP contribution in [0.4, 0.5) is 29.3 Å². The fraction of sp³-hybridized carbons (Fsp3) is 0.217.